The van der Waals surface area contributed by atoms with Crippen molar-refractivity contribution in [1.29, 1.82) is 0 Å². The highest BCUT2D eigenvalue weighted by Crippen LogP contribution is 2.14. The van der Waals surface area contributed by atoms with Gasteiger partial charge in [-0.05, 0) is 17.7 Å². The van der Waals surface area contributed by atoms with Crippen LogP contribution in [0.3, 0.4) is 0 Å². The van der Waals surface area contributed by atoms with E-state index in [-0.39, 0.29) is 32.2 Å². The zero-order chi connectivity index (χ0) is 13.4. The highest BCUT2D eigenvalue weighted by atomic mass is 16.3. The van der Waals surface area contributed by atoms with Crippen molar-refractivity contribution in [2.75, 3.05) is 26.3 Å². The van der Waals surface area contributed by atoms with Crippen molar-refractivity contribution in [3.8, 4) is 0 Å². The average Bonchev–Trinajstić information content (AvgIpc) is 2.39. The van der Waals surface area contributed by atoms with Gasteiger partial charge in [-0.3, -0.25) is 4.79 Å². The maximum absolute atomic E-state index is 12.0. The van der Waals surface area contributed by atoms with Crippen molar-refractivity contribution in [1.82, 2.24) is 4.90 Å². The summed E-state index contributed by atoms with van der Waals surface area (Å²) in [5.41, 5.74) is 9.09. The first-order valence-corrected chi connectivity index (χ1v) is 5.39. The van der Waals surface area contributed by atoms with Gasteiger partial charge in [0.05, 0.1) is 13.2 Å². The molecule has 1 aromatic rings. The fourth-order valence-corrected chi connectivity index (χ4v) is 1.46. The summed E-state index contributed by atoms with van der Waals surface area (Å²) in [5.74, 6) is -0.286. The maximum Gasteiger partial charge on any atom is 0.254 e. The topological polar surface area (TPSA) is 110 Å². The number of carbonyl (C=O) groups is 1. The number of nitrogens with zero attached hydrogens (tertiary/aromatic N) is 4. The molecule has 0 aliphatic heterocycles. The van der Waals surface area contributed by atoms with Gasteiger partial charge in [-0.1, -0.05) is 17.2 Å². The lowest BCUT2D eigenvalue weighted by Crippen LogP contribution is -2.35. The molecule has 2 N–H and O–H groups in total. The van der Waals surface area contributed by atoms with E-state index in [9.17, 15) is 4.79 Å². The molecule has 0 aliphatic rings. The summed E-state index contributed by atoms with van der Waals surface area (Å²) in [6, 6.07) is 6.13. The molecule has 0 atom stereocenters. The minimum atomic E-state index is -0.286. The van der Waals surface area contributed by atoms with E-state index in [4.69, 9.17) is 15.7 Å². The van der Waals surface area contributed by atoms with Crippen molar-refractivity contribution in [3.63, 3.8) is 0 Å². The first kappa shape index (κ1) is 14.0. The van der Waals surface area contributed by atoms with Gasteiger partial charge in [0, 0.05) is 29.3 Å². The summed E-state index contributed by atoms with van der Waals surface area (Å²) in [7, 11) is 0. The van der Waals surface area contributed by atoms with Gasteiger partial charge in [0.15, 0.2) is 0 Å². The Balaban J connectivity index is 2.83. The van der Waals surface area contributed by atoms with Crippen molar-refractivity contribution in [2.24, 2.45) is 5.11 Å². The largest absolute Gasteiger partial charge is 0.395 e. The molecule has 1 aromatic carbocycles. The molecule has 0 heterocycles. The van der Waals surface area contributed by atoms with Crippen LogP contribution < -0.4 is 0 Å². The first-order chi connectivity index (χ1) is 8.72. The maximum atomic E-state index is 12.0. The number of aliphatic hydroxyl groups is 2. The van der Waals surface area contributed by atoms with Crippen LogP contribution in [0.1, 0.15) is 10.4 Å². The third-order valence-electron chi connectivity index (χ3n) is 2.30. The molecule has 0 unspecified atom stereocenters. The van der Waals surface area contributed by atoms with Gasteiger partial charge in [-0.15, -0.1) is 0 Å². The van der Waals surface area contributed by atoms with Crippen LogP contribution in [0.15, 0.2) is 29.4 Å². The van der Waals surface area contributed by atoms with Gasteiger partial charge < -0.3 is 15.1 Å². The Morgan fingerprint density at radius 1 is 1.22 bits per heavy atom. The Morgan fingerprint density at radius 3 is 2.22 bits per heavy atom. The lowest BCUT2D eigenvalue weighted by atomic mass is 10.2. The summed E-state index contributed by atoms with van der Waals surface area (Å²) >= 11 is 0. The number of carbonyl (C=O) groups excluding carboxylic acids is 1. The second kappa shape index (κ2) is 7.29. The minimum Gasteiger partial charge on any atom is -0.395 e. The monoisotopic (exact) mass is 250 g/mol. The van der Waals surface area contributed by atoms with Gasteiger partial charge in [-0.2, -0.15) is 0 Å². The zero-order valence-corrected chi connectivity index (χ0v) is 9.73. The van der Waals surface area contributed by atoms with E-state index in [1.54, 1.807) is 0 Å². The van der Waals surface area contributed by atoms with Crippen LogP contribution in [-0.4, -0.2) is 47.3 Å². The number of rotatable bonds is 6. The molecular formula is C11H14N4O3. The number of azide groups is 1. The van der Waals surface area contributed by atoms with Crippen molar-refractivity contribution < 1.29 is 15.0 Å². The number of hydrogen-bond acceptors (Lipinski definition) is 4. The third kappa shape index (κ3) is 3.74. The summed E-state index contributed by atoms with van der Waals surface area (Å²) < 4.78 is 0. The molecule has 0 saturated carbocycles. The van der Waals surface area contributed by atoms with Crippen LogP contribution >= 0.6 is 0 Å². The number of aliphatic hydroxyl groups excluding tert-OH is 2. The summed E-state index contributed by atoms with van der Waals surface area (Å²) in [6.45, 7) is 0.0000841. The van der Waals surface area contributed by atoms with Gasteiger partial charge in [0.25, 0.3) is 5.91 Å². The number of hydrogen-bond donors (Lipinski definition) is 2. The molecule has 96 valence electrons. The highest BCUT2D eigenvalue weighted by Gasteiger charge is 2.14. The molecule has 7 heteroatoms. The minimum absolute atomic E-state index is 0.164. The van der Waals surface area contributed by atoms with Gasteiger partial charge in [-0.25, -0.2) is 0 Å². The molecule has 0 saturated heterocycles. The molecule has 0 aromatic heterocycles. The smallest absolute Gasteiger partial charge is 0.254 e. The Kier molecular flexibility index (Phi) is 5.66. The fraction of sp³-hybridized carbons (Fsp3) is 0.364. The summed E-state index contributed by atoms with van der Waals surface area (Å²) in [6.07, 6.45) is 0. The number of benzene rings is 1. The summed E-state index contributed by atoms with van der Waals surface area (Å²) in [5, 5.41) is 21.1. The van der Waals surface area contributed by atoms with Crippen LogP contribution in [-0.2, 0) is 0 Å². The van der Waals surface area contributed by atoms with Crippen LogP contribution in [0.4, 0.5) is 5.69 Å². The van der Waals surface area contributed by atoms with Gasteiger partial charge >= 0.3 is 0 Å². The van der Waals surface area contributed by atoms with E-state index < -0.39 is 0 Å². The molecule has 0 fully saturated rings. The van der Waals surface area contributed by atoms with Crippen LogP contribution in [0.25, 0.3) is 10.4 Å². The quantitative estimate of drug-likeness (QED) is 0.447. The second-order valence-electron chi connectivity index (χ2n) is 3.48. The van der Waals surface area contributed by atoms with E-state index >= 15 is 0 Å². The SMILES string of the molecule is [N-]=[N+]=Nc1ccc(C(=O)N(CCO)CCO)cc1. The lowest BCUT2D eigenvalue weighted by Gasteiger charge is -2.20. The Labute approximate surface area is 104 Å². The first-order valence-electron chi connectivity index (χ1n) is 5.39. The van der Waals surface area contributed by atoms with E-state index in [0.717, 1.165) is 0 Å². The van der Waals surface area contributed by atoms with Crippen molar-refractivity contribution in [2.45, 2.75) is 0 Å². The number of amides is 1. The highest BCUT2D eigenvalue weighted by molar-refractivity contribution is 5.94. The predicted molar refractivity (Wildman–Crippen MR) is 65.3 cm³/mol. The Morgan fingerprint density at radius 2 is 1.78 bits per heavy atom. The fourth-order valence-electron chi connectivity index (χ4n) is 1.46. The molecule has 7 nitrogen and oxygen atoms in total. The van der Waals surface area contributed by atoms with Gasteiger partial charge in [0.2, 0.25) is 0 Å². The Bertz CT molecular complexity index is 434. The predicted octanol–water partition coefficient (Wildman–Crippen LogP) is 1.06. The molecule has 0 aliphatic carbocycles. The van der Waals surface area contributed by atoms with Crippen LogP contribution in [0.5, 0.6) is 0 Å². The van der Waals surface area contributed by atoms with E-state index in [1.165, 1.54) is 29.2 Å². The normalized spacial score (nSPS) is 9.67. The van der Waals surface area contributed by atoms with Crippen LogP contribution in [0.2, 0.25) is 0 Å². The molecule has 1 rings (SSSR count). The van der Waals surface area contributed by atoms with E-state index in [2.05, 4.69) is 10.0 Å². The summed E-state index contributed by atoms with van der Waals surface area (Å²) in [4.78, 5) is 16.0. The molecule has 0 bridgehead atoms. The van der Waals surface area contributed by atoms with E-state index in [1.807, 2.05) is 0 Å². The Hall–Kier alpha value is -2.08. The molecule has 0 spiro atoms. The lowest BCUT2D eigenvalue weighted by molar-refractivity contribution is 0.0685. The zero-order valence-electron chi connectivity index (χ0n) is 9.73. The van der Waals surface area contributed by atoms with Gasteiger partial charge in [0.1, 0.15) is 0 Å². The van der Waals surface area contributed by atoms with E-state index in [0.29, 0.717) is 11.3 Å². The standard InChI is InChI=1S/C11H14N4O3/c12-14-13-10-3-1-9(2-4-10)11(18)15(5-7-16)6-8-17/h1-4,16-17H,5-8H2. The molecular weight excluding hydrogens is 236 g/mol. The molecule has 1 amide bonds. The molecule has 0 radical (unpaired) electrons. The molecule has 18 heavy (non-hydrogen) atoms. The van der Waals surface area contributed by atoms with Crippen molar-refractivity contribution in [3.05, 3.63) is 40.3 Å². The third-order valence-corrected chi connectivity index (χ3v) is 2.30. The second-order valence-corrected chi connectivity index (χ2v) is 3.48. The van der Waals surface area contributed by atoms with Crippen molar-refractivity contribution >= 4 is 11.6 Å². The van der Waals surface area contributed by atoms with Crippen LogP contribution in [0, 0.1) is 0 Å². The average molecular weight is 250 g/mol.